The molecule has 4 heteroatoms. The van der Waals surface area contributed by atoms with Gasteiger partial charge in [0.15, 0.2) is 5.78 Å². The Morgan fingerprint density at radius 2 is 2.00 bits per heavy atom. The summed E-state index contributed by atoms with van der Waals surface area (Å²) in [6.07, 6.45) is 0. The van der Waals surface area contributed by atoms with Crippen LogP contribution in [0.25, 0.3) is 0 Å². The second-order valence-electron chi connectivity index (χ2n) is 3.32. The van der Waals surface area contributed by atoms with E-state index in [0.29, 0.717) is 0 Å². The molecule has 1 atom stereocenters. The van der Waals surface area contributed by atoms with Gasteiger partial charge in [0, 0.05) is 0 Å². The summed E-state index contributed by atoms with van der Waals surface area (Å²) in [6.45, 7) is 2.64. The summed E-state index contributed by atoms with van der Waals surface area (Å²) in [6, 6.07) is 4.00. The molecule has 0 aromatic heterocycles. The number of halogens is 1. The number of rotatable bonds is 3. The average Bonchev–Trinajstić information content (AvgIpc) is 2.15. The van der Waals surface area contributed by atoms with Crippen LogP contribution in [-0.4, -0.2) is 16.9 Å². The zero-order valence-corrected chi connectivity index (χ0v) is 8.45. The van der Waals surface area contributed by atoms with Gasteiger partial charge in [-0.2, -0.15) is 0 Å². The molecule has 0 spiro atoms. The van der Waals surface area contributed by atoms with Crippen LogP contribution in [0.3, 0.4) is 0 Å². The first kappa shape index (κ1) is 11.4. The first-order chi connectivity index (χ1) is 6.95. The highest BCUT2D eigenvalue weighted by Gasteiger charge is 2.21. The minimum atomic E-state index is -1.08. The van der Waals surface area contributed by atoms with Gasteiger partial charge in [-0.25, -0.2) is 4.39 Å². The van der Waals surface area contributed by atoms with Gasteiger partial charge in [-0.1, -0.05) is 12.1 Å². The van der Waals surface area contributed by atoms with E-state index in [4.69, 9.17) is 5.11 Å². The molecule has 0 aliphatic heterocycles. The number of Topliss-reactive ketones (excluding diaryl/α,β-unsaturated/α-hetero) is 1. The van der Waals surface area contributed by atoms with E-state index >= 15 is 0 Å². The molecule has 0 amide bonds. The normalized spacial score (nSPS) is 12.2. The van der Waals surface area contributed by atoms with Crippen molar-refractivity contribution in [2.24, 2.45) is 0 Å². The Balaban J connectivity index is 3.35. The quantitative estimate of drug-likeness (QED) is 0.778. The average molecular weight is 210 g/mol. The highest BCUT2D eigenvalue weighted by Crippen LogP contribution is 2.22. The van der Waals surface area contributed by atoms with Gasteiger partial charge < -0.3 is 5.11 Å². The molecule has 1 unspecified atom stereocenters. The molecule has 0 saturated heterocycles. The van der Waals surface area contributed by atoms with Gasteiger partial charge in [0.2, 0.25) is 0 Å². The van der Waals surface area contributed by atoms with Gasteiger partial charge in [0.1, 0.15) is 5.82 Å². The van der Waals surface area contributed by atoms with E-state index in [9.17, 15) is 14.0 Å². The molecule has 0 aliphatic rings. The molecular formula is C11H11FO3. The Hall–Kier alpha value is -1.71. The lowest BCUT2D eigenvalue weighted by molar-refractivity contribution is -0.138. The van der Waals surface area contributed by atoms with Crippen molar-refractivity contribution in [1.82, 2.24) is 0 Å². The van der Waals surface area contributed by atoms with E-state index in [1.165, 1.54) is 26.0 Å². The number of hydrogen-bond donors (Lipinski definition) is 1. The predicted octanol–water partition coefficient (Wildman–Crippen LogP) is 2.22. The maximum Gasteiger partial charge on any atom is 0.310 e. The number of benzene rings is 1. The van der Waals surface area contributed by atoms with E-state index in [1.54, 1.807) is 0 Å². The van der Waals surface area contributed by atoms with Gasteiger partial charge in [-0.05, 0) is 25.5 Å². The van der Waals surface area contributed by atoms with Gasteiger partial charge in [-0.3, -0.25) is 9.59 Å². The highest BCUT2D eigenvalue weighted by molar-refractivity contribution is 5.97. The lowest BCUT2D eigenvalue weighted by atomic mass is 9.93. The number of aliphatic carboxylic acids is 1. The van der Waals surface area contributed by atoms with Crippen molar-refractivity contribution in [3.05, 3.63) is 35.1 Å². The van der Waals surface area contributed by atoms with Crippen LogP contribution in [0, 0.1) is 5.82 Å². The standard InChI is InChI=1S/C11H11FO3/c1-6(11(14)15)8-4-3-5-9(12)10(8)7(2)13/h3-6H,1-2H3,(H,14,15). The molecule has 15 heavy (non-hydrogen) atoms. The number of hydrogen-bond acceptors (Lipinski definition) is 2. The molecule has 0 saturated carbocycles. The van der Waals surface area contributed by atoms with Gasteiger partial charge in [0.25, 0.3) is 0 Å². The summed E-state index contributed by atoms with van der Waals surface area (Å²) in [7, 11) is 0. The third kappa shape index (κ3) is 2.21. The van der Waals surface area contributed by atoms with Gasteiger partial charge >= 0.3 is 5.97 Å². The van der Waals surface area contributed by atoms with Crippen molar-refractivity contribution < 1.29 is 19.1 Å². The number of carbonyl (C=O) groups excluding carboxylic acids is 1. The maximum atomic E-state index is 13.3. The van der Waals surface area contributed by atoms with Crippen LogP contribution < -0.4 is 0 Å². The Morgan fingerprint density at radius 3 is 2.47 bits per heavy atom. The van der Waals surface area contributed by atoms with E-state index in [0.717, 1.165) is 6.07 Å². The largest absolute Gasteiger partial charge is 0.481 e. The monoisotopic (exact) mass is 210 g/mol. The van der Waals surface area contributed by atoms with Crippen molar-refractivity contribution in [3.8, 4) is 0 Å². The third-order valence-corrected chi connectivity index (χ3v) is 2.23. The zero-order valence-electron chi connectivity index (χ0n) is 8.45. The smallest absolute Gasteiger partial charge is 0.310 e. The van der Waals surface area contributed by atoms with E-state index < -0.39 is 23.5 Å². The van der Waals surface area contributed by atoms with Crippen LogP contribution in [0.15, 0.2) is 18.2 Å². The second kappa shape index (κ2) is 4.21. The van der Waals surface area contributed by atoms with E-state index in [1.807, 2.05) is 0 Å². The minimum absolute atomic E-state index is 0.132. The molecule has 0 radical (unpaired) electrons. The van der Waals surface area contributed by atoms with E-state index in [-0.39, 0.29) is 11.1 Å². The molecule has 1 aromatic rings. The SMILES string of the molecule is CC(=O)c1c(F)cccc1C(C)C(=O)O. The highest BCUT2D eigenvalue weighted by atomic mass is 19.1. The molecule has 1 aromatic carbocycles. The van der Waals surface area contributed by atoms with Crippen LogP contribution in [0.1, 0.15) is 35.7 Å². The Bertz CT molecular complexity index is 412. The van der Waals surface area contributed by atoms with Crippen molar-refractivity contribution in [3.63, 3.8) is 0 Å². The first-order valence-electron chi connectivity index (χ1n) is 4.47. The minimum Gasteiger partial charge on any atom is -0.481 e. The molecule has 0 aliphatic carbocycles. The summed E-state index contributed by atoms with van der Waals surface area (Å²) >= 11 is 0. The molecule has 1 N–H and O–H groups in total. The van der Waals surface area contributed by atoms with Gasteiger partial charge in [-0.15, -0.1) is 0 Å². The first-order valence-corrected chi connectivity index (χ1v) is 4.47. The Morgan fingerprint density at radius 1 is 1.40 bits per heavy atom. The van der Waals surface area contributed by atoms with Crippen molar-refractivity contribution in [1.29, 1.82) is 0 Å². The van der Waals surface area contributed by atoms with Crippen LogP contribution >= 0.6 is 0 Å². The lowest BCUT2D eigenvalue weighted by Crippen LogP contribution is -2.13. The number of ketones is 1. The van der Waals surface area contributed by atoms with Gasteiger partial charge in [0.05, 0.1) is 11.5 Å². The summed E-state index contributed by atoms with van der Waals surface area (Å²) in [5.74, 6) is -3.10. The number of carboxylic acids is 1. The summed E-state index contributed by atoms with van der Waals surface area (Å²) in [4.78, 5) is 21.9. The van der Waals surface area contributed by atoms with Crippen molar-refractivity contribution in [2.45, 2.75) is 19.8 Å². The van der Waals surface area contributed by atoms with Crippen LogP contribution in [-0.2, 0) is 4.79 Å². The second-order valence-corrected chi connectivity index (χ2v) is 3.32. The summed E-state index contributed by atoms with van der Waals surface area (Å²) < 4.78 is 13.3. The Kier molecular flexibility index (Phi) is 3.19. The van der Waals surface area contributed by atoms with Crippen molar-refractivity contribution in [2.75, 3.05) is 0 Å². The summed E-state index contributed by atoms with van der Waals surface area (Å²) in [5, 5.41) is 8.80. The molecule has 80 valence electrons. The maximum absolute atomic E-state index is 13.3. The molecule has 0 heterocycles. The fraction of sp³-hybridized carbons (Fsp3) is 0.273. The van der Waals surface area contributed by atoms with E-state index in [2.05, 4.69) is 0 Å². The zero-order chi connectivity index (χ0) is 11.6. The predicted molar refractivity (Wildman–Crippen MR) is 52.5 cm³/mol. The topological polar surface area (TPSA) is 54.4 Å². The Labute approximate surface area is 86.5 Å². The fourth-order valence-corrected chi connectivity index (χ4v) is 1.41. The molecule has 1 rings (SSSR count). The number of carboxylic acid groups (broad SMARTS) is 1. The summed E-state index contributed by atoms with van der Waals surface area (Å²) in [5.41, 5.74) is 0.0856. The lowest BCUT2D eigenvalue weighted by Gasteiger charge is -2.11. The number of carbonyl (C=O) groups is 2. The fourth-order valence-electron chi connectivity index (χ4n) is 1.41. The third-order valence-electron chi connectivity index (χ3n) is 2.23. The van der Waals surface area contributed by atoms with Crippen LogP contribution in [0.2, 0.25) is 0 Å². The molecule has 0 fully saturated rings. The molecule has 3 nitrogen and oxygen atoms in total. The van der Waals surface area contributed by atoms with Crippen LogP contribution in [0.5, 0.6) is 0 Å². The molecule has 0 bridgehead atoms. The van der Waals surface area contributed by atoms with Crippen molar-refractivity contribution >= 4 is 11.8 Å². The van der Waals surface area contributed by atoms with Crippen LogP contribution in [0.4, 0.5) is 4.39 Å². The molecular weight excluding hydrogens is 199 g/mol.